The molecule has 1 saturated carbocycles. The molecular formula is C13H22O2. The first-order valence-corrected chi connectivity index (χ1v) is 6.25. The highest BCUT2D eigenvalue weighted by molar-refractivity contribution is 5.14. The van der Waals surface area contributed by atoms with Crippen molar-refractivity contribution in [3.8, 4) is 0 Å². The maximum Gasteiger partial charge on any atom is 0.0577 e. The SMILES string of the molecule is CCCC[C@@H](O)[C@H]1[C@@H](CO)[C@H]2C=C[C@@H]1C2. The first-order valence-electron chi connectivity index (χ1n) is 6.25. The Balaban J connectivity index is 1.98. The minimum absolute atomic E-state index is 0.206. The van der Waals surface area contributed by atoms with Gasteiger partial charge in [0.05, 0.1) is 6.10 Å². The fourth-order valence-corrected chi connectivity index (χ4v) is 3.40. The van der Waals surface area contributed by atoms with Crippen molar-refractivity contribution in [2.75, 3.05) is 6.61 Å². The normalized spacial score (nSPS) is 39.9. The smallest absolute Gasteiger partial charge is 0.0577 e. The quantitative estimate of drug-likeness (QED) is 0.681. The minimum atomic E-state index is -0.206. The fraction of sp³-hybridized carbons (Fsp3) is 0.846. The Bertz CT molecular complexity index is 237. The van der Waals surface area contributed by atoms with Crippen molar-refractivity contribution >= 4 is 0 Å². The van der Waals surface area contributed by atoms with Gasteiger partial charge in [-0.2, -0.15) is 0 Å². The van der Waals surface area contributed by atoms with E-state index in [-0.39, 0.29) is 12.7 Å². The largest absolute Gasteiger partial charge is 0.396 e. The van der Waals surface area contributed by atoms with Crippen molar-refractivity contribution in [3.05, 3.63) is 12.2 Å². The molecule has 5 atom stereocenters. The van der Waals surface area contributed by atoms with Gasteiger partial charge < -0.3 is 10.2 Å². The van der Waals surface area contributed by atoms with Crippen molar-refractivity contribution in [1.29, 1.82) is 0 Å². The number of hydrogen-bond donors (Lipinski definition) is 2. The van der Waals surface area contributed by atoms with Crippen LogP contribution in [0, 0.1) is 23.7 Å². The highest BCUT2D eigenvalue weighted by Gasteiger charge is 2.46. The zero-order valence-corrected chi connectivity index (χ0v) is 9.47. The van der Waals surface area contributed by atoms with E-state index in [1.807, 2.05) is 0 Å². The Hall–Kier alpha value is -0.340. The van der Waals surface area contributed by atoms with E-state index in [0.29, 0.717) is 23.7 Å². The first kappa shape index (κ1) is 11.2. The zero-order chi connectivity index (χ0) is 10.8. The van der Waals surface area contributed by atoms with E-state index in [1.165, 1.54) is 0 Å². The van der Waals surface area contributed by atoms with Crippen molar-refractivity contribution in [3.63, 3.8) is 0 Å². The summed E-state index contributed by atoms with van der Waals surface area (Å²) in [4.78, 5) is 0. The average molecular weight is 210 g/mol. The van der Waals surface area contributed by atoms with Gasteiger partial charge >= 0.3 is 0 Å². The number of aliphatic hydroxyl groups is 2. The molecule has 0 aliphatic heterocycles. The standard InChI is InChI=1S/C13H22O2/c1-2-3-4-12(15)13-10-6-5-9(7-10)11(13)8-14/h5-6,9-15H,2-4,7-8H2,1H3/t9-,10+,11-,12+,13+/m0/s1. The molecule has 2 N–H and O–H groups in total. The van der Waals surface area contributed by atoms with Crippen molar-refractivity contribution in [2.24, 2.45) is 23.7 Å². The number of allylic oxidation sites excluding steroid dienone is 2. The lowest BCUT2D eigenvalue weighted by Gasteiger charge is -2.30. The summed E-state index contributed by atoms with van der Waals surface area (Å²) in [5, 5.41) is 19.5. The Morgan fingerprint density at radius 2 is 2.07 bits per heavy atom. The van der Waals surface area contributed by atoms with Gasteiger partial charge in [0.1, 0.15) is 0 Å². The molecular weight excluding hydrogens is 188 g/mol. The highest BCUT2D eigenvalue weighted by atomic mass is 16.3. The molecule has 0 aromatic rings. The Morgan fingerprint density at radius 1 is 1.33 bits per heavy atom. The number of aliphatic hydroxyl groups excluding tert-OH is 2. The number of unbranched alkanes of at least 4 members (excludes halogenated alkanes) is 1. The van der Waals surface area contributed by atoms with Gasteiger partial charge in [0.15, 0.2) is 0 Å². The van der Waals surface area contributed by atoms with Crippen LogP contribution in [-0.2, 0) is 0 Å². The molecule has 1 fully saturated rings. The van der Waals surface area contributed by atoms with E-state index in [1.54, 1.807) is 0 Å². The van der Waals surface area contributed by atoms with Crippen LogP contribution in [0.15, 0.2) is 12.2 Å². The molecule has 0 amide bonds. The topological polar surface area (TPSA) is 40.5 Å². The molecule has 2 rings (SSSR count). The Labute approximate surface area is 92.0 Å². The molecule has 0 unspecified atom stereocenters. The van der Waals surface area contributed by atoms with Crippen LogP contribution in [0.5, 0.6) is 0 Å². The molecule has 15 heavy (non-hydrogen) atoms. The van der Waals surface area contributed by atoms with E-state index < -0.39 is 0 Å². The third-order valence-electron chi connectivity index (χ3n) is 4.20. The molecule has 0 aromatic heterocycles. The molecule has 0 heterocycles. The molecule has 2 aliphatic carbocycles. The second-order valence-electron chi connectivity index (χ2n) is 5.08. The molecule has 0 aromatic carbocycles. The van der Waals surface area contributed by atoms with Crippen LogP contribution in [0.3, 0.4) is 0 Å². The van der Waals surface area contributed by atoms with E-state index in [2.05, 4.69) is 19.1 Å². The van der Waals surface area contributed by atoms with Gasteiger partial charge in [-0.05, 0) is 36.5 Å². The predicted octanol–water partition coefficient (Wildman–Crippen LogP) is 1.97. The third-order valence-corrected chi connectivity index (χ3v) is 4.20. The van der Waals surface area contributed by atoms with Gasteiger partial charge in [-0.15, -0.1) is 0 Å². The summed E-state index contributed by atoms with van der Waals surface area (Å²) < 4.78 is 0. The summed E-state index contributed by atoms with van der Waals surface area (Å²) in [6.45, 7) is 2.39. The number of fused-ring (bicyclic) bond motifs is 2. The van der Waals surface area contributed by atoms with Crippen LogP contribution in [0.2, 0.25) is 0 Å². The summed E-state index contributed by atoms with van der Waals surface area (Å²) in [6.07, 6.45) is 8.55. The van der Waals surface area contributed by atoms with Crippen LogP contribution >= 0.6 is 0 Å². The number of rotatable bonds is 5. The summed E-state index contributed by atoms with van der Waals surface area (Å²) in [6, 6.07) is 0. The van der Waals surface area contributed by atoms with Crippen molar-refractivity contribution < 1.29 is 10.2 Å². The summed E-state index contributed by atoms with van der Waals surface area (Å²) in [7, 11) is 0. The van der Waals surface area contributed by atoms with Crippen LogP contribution < -0.4 is 0 Å². The van der Waals surface area contributed by atoms with E-state index in [0.717, 1.165) is 25.7 Å². The lowest BCUT2D eigenvalue weighted by molar-refractivity contribution is 0.0349. The van der Waals surface area contributed by atoms with Gasteiger partial charge in [-0.3, -0.25) is 0 Å². The van der Waals surface area contributed by atoms with Crippen LogP contribution in [0.25, 0.3) is 0 Å². The third kappa shape index (κ3) is 1.98. The van der Waals surface area contributed by atoms with Gasteiger partial charge in [-0.1, -0.05) is 31.9 Å². The van der Waals surface area contributed by atoms with Gasteiger partial charge in [0, 0.05) is 6.61 Å². The lowest BCUT2D eigenvalue weighted by atomic mass is 9.78. The summed E-state index contributed by atoms with van der Waals surface area (Å²) in [5.41, 5.74) is 0. The van der Waals surface area contributed by atoms with E-state index >= 15 is 0 Å². The molecule has 86 valence electrons. The van der Waals surface area contributed by atoms with E-state index in [9.17, 15) is 10.2 Å². The second kappa shape index (κ2) is 4.67. The van der Waals surface area contributed by atoms with Gasteiger partial charge in [0.2, 0.25) is 0 Å². The average Bonchev–Trinajstić information content (AvgIpc) is 2.84. The second-order valence-corrected chi connectivity index (χ2v) is 5.08. The molecule has 2 nitrogen and oxygen atoms in total. The highest BCUT2D eigenvalue weighted by Crippen LogP contribution is 2.49. The Kier molecular flexibility index (Phi) is 3.47. The summed E-state index contributed by atoms with van der Waals surface area (Å²) in [5.74, 6) is 1.68. The maximum absolute atomic E-state index is 10.2. The molecule has 0 spiro atoms. The molecule has 0 saturated heterocycles. The summed E-state index contributed by atoms with van der Waals surface area (Å²) >= 11 is 0. The number of hydrogen-bond acceptors (Lipinski definition) is 2. The first-order chi connectivity index (χ1) is 7.27. The lowest BCUT2D eigenvalue weighted by Crippen LogP contribution is -2.33. The van der Waals surface area contributed by atoms with Crippen molar-refractivity contribution in [2.45, 2.75) is 38.7 Å². The maximum atomic E-state index is 10.2. The van der Waals surface area contributed by atoms with Crippen LogP contribution in [-0.4, -0.2) is 22.9 Å². The molecule has 2 aliphatic rings. The monoisotopic (exact) mass is 210 g/mol. The molecule has 2 bridgehead atoms. The molecule has 2 heteroatoms. The van der Waals surface area contributed by atoms with E-state index in [4.69, 9.17) is 0 Å². The zero-order valence-electron chi connectivity index (χ0n) is 9.47. The fourth-order valence-electron chi connectivity index (χ4n) is 3.40. The van der Waals surface area contributed by atoms with Gasteiger partial charge in [-0.25, -0.2) is 0 Å². The minimum Gasteiger partial charge on any atom is -0.396 e. The van der Waals surface area contributed by atoms with Gasteiger partial charge in [0.25, 0.3) is 0 Å². The molecule has 0 radical (unpaired) electrons. The predicted molar refractivity (Wildman–Crippen MR) is 60.3 cm³/mol. The Morgan fingerprint density at radius 3 is 2.73 bits per heavy atom. The van der Waals surface area contributed by atoms with Crippen LogP contribution in [0.1, 0.15) is 32.6 Å². The van der Waals surface area contributed by atoms with Crippen molar-refractivity contribution in [1.82, 2.24) is 0 Å². The van der Waals surface area contributed by atoms with Crippen LogP contribution in [0.4, 0.5) is 0 Å².